The van der Waals surface area contributed by atoms with Crippen molar-refractivity contribution in [2.75, 3.05) is 4.61 Å². The molecule has 0 aliphatic rings. The van der Waals surface area contributed by atoms with Gasteiger partial charge in [0.15, 0.2) is 0 Å². The first-order chi connectivity index (χ1) is 8.04. The lowest BCUT2D eigenvalue weighted by Crippen LogP contribution is -2.04. The van der Waals surface area contributed by atoms with Gasteiger partial charge in [0, 0.05) is 0 Å². The molecular formula is C14H17IO2. The zero-order chi connectivity index (χ0) is 12.8. The number of ether oxygens (including phenoxy) is 1. The van der Waals surface area contributed by atoms with Crippen LogP contribution in [0.5, 0.6) is 0 Å². The fourth-order valence-electron chi connectivity index (χ4n) is 1.57. The summed E-state index contributed by atoms with van der Waals surface area (Å²) in [6.07, 6.45) is 1.05. The molecule has 0 bridgehead atoms. The van der Waals surface area contributed by atoms with E-state index in [0.717, 1.165) is 12.0 Å². The van der Waals surface area contributed by atoms with Crippen molar-refractivity contribution in [3.8, 4) is 0 Å². The van der Waals surface area contributed by atoms with Crippen molar-refractivity contribution in [3.05, 3.63) is 42.0 Å². The lowest BCUT2D eigenvalue weighted by Gasteiger charge is -2.08. The molecule has 0 aliphatic heterocycles. The molecule has 0 N–H and O–H groups in total. The normalized spacial score (nSPS) is 10.4. The van der Waals surface area contributed by atoms with Gasteiger partial charge in [-0.2, -0.15) is 0 Å². The molecule has 0 aromatic heterocycles. The maximum Gasteiger partial charge on any atom is 0.338 e. The summed E-state index contributed by atoms with van der Waals surface area (Å²) in [5.41, 5.74) is 2.52. The number of hydrogen-bond donors (Lipinski definition) is 0. The van der Waals surface area contributed by atoms with Crippen LogP contribution < -0.4 is 0 Å². The number of benzene rings is 1. The number of alkyl halides is 1. The van der Waals surface area contributed by atoms with E-state index >= 15 is 0 Å². The molecule has 3 heteroatoms. The van der Waals surface area contributed by atoms with Gasteiger partial charge in [0.2, 0.25) is 0 Å². The highest BCUT2D eigenvalue weighted by Gasteiger charge is 2.10. The van der Waals surface area contributed by atoms with E-state index in [1.165, 1.54) is 5.56 Å². The predicted molar refractivity (Wildman–Crippen MR) is 79.0 cm³/mol. The molecule has 1 aromatic rings. The van der Waals surface area contributed by atoms with Gasteiger partial charge in [-0.15, -0.1) is 0 Å². The highest BCUT2D eigenvalue weighted by molar-refractivity contribution is 14.1. The lowest BCUT2D eigenvalue weighted by molar-refractivity contribution is -0.134. The van der Waals surface area contributed by atoms with E-state index < -0.39 is 0 Å². The number of carbonyl (C=O) groups excluding carboxylic acids is 1. The van der Waals surface area contributed by atoms with Crippen LogP contribution in [0.4, 0.5) is 0 Å². The molecule has 0 saturated carbocycles. The predicted octanol–water partition coefficient (Wildman–Crippen LogP) is 3.83. The summed E-state index contributed by atoms with van der Waals surface area (Å²) in [6.45, 7) is 8.13. The maximum atomic E-state index is 11.5. The number of halogens is 1. The summed E-state index contributed by atoms with van der Waals surface area (Å²) in [7, 11) is 0. The molecule has 0 saturated heterocycles. The summed E-state index contributed by atoms with van der Waals surface area (Å²) in [5, 5.41) is 0. The Hall–Kier alpha value is -0.840. The van der Waals surface area contributed by atoms with Gasteiger partial charge in [0.1, 0.15) is 4.61 Å². The fraction of sp³-hybridized carbons (Fsp3) is 0.357. The minimum Gasteiger partial charge on any atom is -0.451 e. The standard InChI is InChI=1S/C14H17IO2/c1-10(2)8-12-4-6-13(7-5-12)11(3)14(16)17-9-15/h4-7,10H,3,8-9H2,1-2H3. The first kappa shape index (κ1) is 14.2. The average molecular weight is 344 g/mol. The third-order valence-electron chi connectivity index (χ3n) is 2.38. The largest absolute Gasteiger partial charge is 0.451 e. The van der Waals surface area contributed by atoms with E-state index in [1.807, 2.05) is 46.9 Å². The van der Waals surface area contributed by atoms with Crippen molar-refractivity contribution in [2.45, 2.75) is 20.3 Å². The van der Waals surface area contributed by atoms with Crippen molar-refractivity contribution in [1.82, 2.24) is 0 Å². The minimum absolute atomic E-state index is 0.348. The molecular weight excluding hydrogens is 327 g/mol. The summed E-state index contributed by atoms with van der Waals surface area (Å²) >= 11 is 1.99. The molecule has 17 heavy (non-hydrogen) atoms. The molecule has 0 aliphatic carbocycles. The lowest BCUT2D eigenvalue weighted by atomic mass is 10.00. The van der Waals surface area contributed by atoms with Crippen molar-refractivity contribution in [3.63, 3.8) is 0 Å². The molecule has 1 aromatic carbocycles. The van der Waals surface area contributed by atoms with Crippen LogP contribution in [0.25, 0.3) is 5.57 Å². The Bertz CT molecular complexity index is 393. The van der Waals surface area contributed by atoms with Crippen molar-refractivity contribution in [2.24, 2.45) is 5.92 Å². The molecule has 0 fully saturated rings. The van der Waals surface area contributed by atoms with Crippen molar-refractivity contribution in [1.29, 1.82) is 0 Å². The highest BCUT2D eigenvalue weighted by atomic mass is 127. The van der Waals surface area contributed by atoms with Gasteiger partial charge in [-0.1, -0.05) is 44.7 Å². The summed E-state index contributed by atoms with van der Waals surface area (Å²) < 4.78 is 5.25. The third kappa shape index (κ3) is 4.50. The quantitative estimate of drug-likeness (QED) is 0.351. The van der Waals surface area contributed by atoms with Crippen LogP contribution in [0.1, 0.15) is 25.0 Å². The molecule has 0 heterocycles. The number of hydrogen-bond acceptors (Lipinski definition) is 2. The second-order valence-electron chi connectivity index (χ2n) is 4.31. The van der Waals surface area contributed by atoms with Gasteiger partial charge >= 0.3 is 5.97 Å². The molecule has 2 nitrogen and oxygen atoms in total. The molecule has 0 amide bonds. The SMILES string of the molecule is C=C(C(=O)OCI)c1ccc(CC(C)C)cc1. The monoisotopic (exact) mass is 344 g/mol. The van der Waals surface area contributed by atoms with Crippen LogP contribution in [0.2, 0.25) is 0 Å². The zero-order valence-corrected chi connectivity index (χ0v) is 12.4. The molecule has 0 radical (unpaired) electrons. The van der Waals surface area contributed by atoms with E-state index in [9.17, 15) is 4.79 Å². The van der Waals surface area contributed by atoms with Gasteiger partial charge in [-0.25, -0.2) is 4.79 Å². The van der Waals surface area contributed by atoms with E-state index in [4.69, 9.17) is 4.74 Å². The van der Waals surface area contributed by atoms with Crippen LogP contribution in [-0.2, 0) is 16.0 Å². The van der Waals surface area contributed by atoms with Gasteiger partial charge in [0.25, 0.3) is 0 Å². The minimum atomic E-state index is -0.351. The average Bonchev–Trinajstić information content (AvgIpc) is 2.28. The van der Waals surface area contributed by atoms with Gasteiger partial charge in [-0.05, 0) is 46.1 Å². The second kappa shape index (κ2) is 6.79. The Balaban J connectivity index is 2.73. The maximum absolute atomic E-state index is 11.5. The van der Waals surface area contributed by atoms with Crippen molar-refractivity contribution >= 4 is 34.1 Å². The van der Waals surface area contributed by atoms with Gasteiger partial charge in [-0.3, -0.25) is 0 Å². The van der Waals surface area contributed by atoms with Gasteiger partial charge < -0.3 is 4.74 Å². The molecule has 92 valence electrons. The smallest absolute Gasteiger partial charge is 0.338 e. The summed E-state index contributed by atoms with van der Waals surface area (Å²) in [5.74, 6) is 0.282. The Labute approximate surface area is 116 Å². The Morgan fingerprint density at radius 3 is 2.41 bits per heavy atom. The van der Waals surface area contributed by atoms with E-state index in [1.54, 1.807) is 0 Å². The highest BCUT2D eigenvalue weighted by Crippen LogP contribution is 2.17. The van der Waals surface area contributed by atoms with Crippen molar-refractivity contribution < 1.29 is 9.53 Å². The molecule has 0 spiro atoms. The summed E-state index contributed by atoms with van der Waals surface area (Å²) in [4.78, 5) is 11.5. The van der Waals surface area contributed by atoms with E-state index in [-0.39, 0.29) is 5.97 Å². The first-order valence-electron chi connectivity index (χ1n) is 5.56. The second-order valence-corrected chi connectivity index (χ2v) is 4.94. The van der Waals surface area contributed by atoms with Gasteiger partial charge in [0.05, 0.1) is 5.57 Å². The topological polar surface area (TPSA) is 26.3 Å². The first-order valence-corrected chi connectivity index (χ1v) is 7.08. The number of rotatable bonds is 5. The Kier molecular flexibility index (Phi) is 5.68. The Morgan fingerprint density at radius 1 is 1.35 bits per heavy atom. The molecule has 0 atom stereocenters. The van der Waals surface area contributed by atoms with Crippen LogP contribution in [0.15, 0.2) is 30.8 Å². The summed E-state index contributed by atoms with van der Waals surface area (Å²) in [6, 6.07) is 7.93. The Morgan fingerprint density at radius 2 is 1.94 bits per heavy atom. The van der Waals surface area contributed by atoms with E-state index in [2.05, 4.69) is 20.4 Å². The van der Waals surface area contributed by atoms with E-state index in [0.29, 0.717) is 16.1 Å². The van der Waals surface area contributed by atoms with Crippen LogP contribution in [0.3, 0.4) is 0 Å². The number of carbonyl (C=O) groups is 1. The van der Waals surface area contributed by atoms with Crippen LogP contribution in [0, 0.1) is 5.92 Å². The zero-order valence-electron chi connectivity index (χ0n) is 10.2. The fourth-order valence-corrected chi connectivity index (χ4v) is 1.85. The van der Waals surface area contributed by atoms with Crippen LogP contribution >= 0.6 is 22.6 Å². The van der Waals surface area contributed by atoms with Crippen LogP contribution in [-0.4, -0.2) is 10.6 Å². The molecule has 0 unspecified atom stereocenters. The number of esters is 1. The third-order valence-corrected chi connectivity index (χ3v) is 2.69. The molecule has 1 rings (SSSR count).